The highest BCUT2D eigenvalue weighted by Crippen LogP contribution is 2.30. The Labute approximate surface area is 167 Å². The summed E-state index contributed by atoms with van der Waals surface area (Å²) < 4.78 is 69.5. The standard InChI is InChI=1S/C19H21F3N2O4S/c1-3-24(4-2)29(26,27)17-10-8-16(9-11-17)28-13-18(25)23-15-7-5-6-14(12-15)19(20,21)22/h5-12H,3-4,13H2,1-2H3,(H,23,25). The van der Waals surface area contributed by atoms with Crippen LogP contribution in [0.5, 0.6) is 5.75 Å². The Morgan fingerprint density at radius 2 is 1.69 bits per heavy atom. The first-order chi connectivity index (χ1) is 13.6. The zero-order chi connectivity index (χ0) is 21.7. The number of anilines is 1. The molecule has 0 unspecified atom stereocenters. The molecule has 0 fully saturated rings. The van der Waals surface area contributed by atoms with Gasteiger partial charge in [0.25, 0.3) is 5.91 Å². The molecule has 2 rings (SSSR count). The van der Waals surface area contributed by atoms with Crippen molar-refractivity contribution in [3.63, 3.8) is 0 Å². The maximum Gasteiger partial charge on any atom is 0.416 e. The van der Waals surface area contributed by atoms with Gasteiger partial charge in [0.05, 0.1) is 10.5 Å². The van der Waals surface area contributed by atoms with Crippen molar-refractivity contribution in [3.05, 3.63) is 54.1 Å². The van der Waals surface area contributed by atoms with Crippen LogP contribution in [0.4, 0.5) is 18.9 Å². The Morgan fingerprint density at radius 1 is 1.07 bits per heavy atom. The maximum absolute atomic E-state index is 12.7. The fourth-order valence-corrected chi connectivity index (χ4v) is 4.00. The van der Waals surface area contributed by atoms with E-state index in [1.807, 2.05) is 0 Å². The molecule has 1 amide bonds. The lowest BCUT2D eigenvalue weighted by Gasteiger charge is -2.18. The van der Waals surface area contributed by atoms with Crippen molar-refractivity contribution >= 4 is 21.6 Å². The molecule has 0 aromatic heterocycles. The van der Waals surface area contributed by atoms with Crippen molar-refractivity contribution in [3.8, 4) is 5.75 Å². The van der Waals surface area contributed by atoms with Gasteiger partial charge in [-0.1, -0.05) is 19.9 Å². The van der Waals surface area contributed by atoms with Gasteiger partial charge >= 0.3 is 6.18 Å². The molecule has 0 heterocycles. The number of amides is 1. The van der Waals surface area contributed by atoms with Crippen molar-refractivity contribution in [1.82, 2.24) is 4.31 Å². The number of rotatable bonds is 8. The molecule has 6 nitrogen and oxygen atoms in total. The number of sulfonamides is 1. The van der Waals surface area contributed by atoms with Gasteiger partial charge in [-0.05, 0) is 42.5 Å². The first kappa shape index (κ1) is 22.7. The number of hydrogen-bond acceptors (Lipinski definition) is 4. The van der Waals surface area contributed by atoms with Gasteiger partial charge in [-0.15, -0.1) is 0 Å². The van der Waals surface area contributed by atoms with Crippen LogP contribution in [0.1, 0.15) is 19.4 Å². The van der Waals surface area contributed by atoms with Crippen molar-refractivity contribution in [2.75, 3.05) is 25.0 Å². The van der Waals surface area contributed by atoms with E-state index in [0.29, 0.717) is 13.1 Å². The summed E-state index contributed by atoms with van der Waals surface area (Å²) >= 11 is 0. The second-order valence-electron chi connectivity index (χ2n) is 5.98. The van der Waals surface area contributed by atoms with E-state index >= 15 is 0 Å². The van der Waals surface area contributed by atoms with Crippen LogP contribution in [0.15, 0.2) is 53.4 Å². The average molecular weight is 430 g/mol. The molecule has 29 heavy (non-hydrogen) atoms. The smallest absolute Gasteiger partial charge is 0.416 e. The highest BCUT2D eigenvalue weighted by atomic mass is 32.2. The molecule has 0 aliphatic heterocycles. The molecule has 0 atom stereocenters. The number of halogens is 3. The molecule has 0 bridgehead atoms. The minimum Gasteiger partial charge on any atom is -0.484 e. The van der Waals surface area contributed by atoms with Crippen molar-refractivity contribution in [2.24, 2.45) is 0 Å². The van der Waals surface area contributed by atoms with Crippen LogP contribution < -0.4 is 10.1 Å². The lowest BCUT2D eigenvalue weighted by atomic mass is 10.2. The quantitative estimate of drug-likeness (QED) is 0.692. The molecular weight excluding hydrogens is 409 g/mol. The molecule has 158 valence electrons. The molecule has 2 aromatic carbocycles. The van der Waals surface area contributed by atoms with Gasteiger partial charge < -0.3 is 10.1 Å². The lowest BCUT2D eigenvalue weighted by Crippen LogP contribution is -2.30. The van der Waals surface area contributed by atoms with Gasteiger partial charge in [0.2, 0.25) is 10.0 Å². The molecule has 0 spiro atoms. The monoisotopic (exact) mass is 430 g/mol. The number of alkyl halides is 3. The number of carbonyl (C=O) groups is 1. The summed E-state index contributed by atoms with van der Waals surface area (Å²) in [5, 5.41) is 2.32. The Bertz CT molecular complexity index is 941. The first-order valence-corrected chi connectivity index (χ1v) is 10.2. The third-order valence-corrected chi connectivity index (χ3v) is 6.07. The van der Waals surface area contributed by atoms with Crippen LogP contribution in [0.2, 0.25) is 0 Å². The Balaban J connectivity index is 1.98. The number of carbonyl (C=O) groups excluding carboxylic acids is 1. The number of nitrogens with one attached hydrogen (secondary N) is 1. The number of benzene rings is 2. The highest BCUT2D eigenvalue weighted by molar-refractivity contribution is 7.89. The van der Waals surface area contributed by atoms with Gasteiger partial charge in [0.1, 0.15) is 5.75 Å². The predicted molar refractivity (Wildman–Crippen MR) is 102 cm³/mol. The maximum atomic E-state index is 12.7. The van der Waals surface area contributed by atoms with Crippen LogP contribution in [0.3, 0.4) is 0 Å². The second kappa shape index (κ2) is 9.27. The van der Waals surface area contributed by atoms with E-state index < -0.39 is 34.3 Å². The molecule has 0 saturated heterocycles. The summed E-state index contributed by atoms with van der Waals surface area (Å²) in [5.74, 6) is -0.396. The molecule has 0 saturated carbocycles. The molecule has 0 aliphatic carbocycles. The van der Waals surface area contributed by atoms with Crippen LogP contribution in [-0.4, -0.2) is 38.3 Å². The largest absolute Gasteiger partial charge is 0.484 e. The fourth-order valence-electron chi connectivity index (χ4n) is 2.54. The summed E-state index contributed by atoms with van der Waals surface area (Å²) in [5.41, 5.74) is -0.879. The normalized spacial score (nSPS) is 12.1. The van der Waals surface area contributed by atoms with Crippen LogP contribution >= 0.6 is 0 Å². The second-order valence-corrected chi connectivity index (χ2v) is 7.91. The van der Waals surface area contributed by atoms with Crippen LogP contribution in [-0.2, 0) is 21.0 Å². The minimum absolute atomic E-state index is 0.00547. The minimum atomic E-state index is -4.51. The fraction of sp³-hybridized carbons (Fsp3) is 0.316. The average Bonchev–Trinajstić information content (AvgIpc) is 2.67. The summed E-state index contributed by atoms with van der Waals surface area (Å²) in [6.45, 7) is 3.71. The van der Waals surface area contributed by atoms with E-state index in [9.17, 15) is 26.4 Å². The van der Waals surface area contributed by atoms with Crippen molar-refractivity contribution < 1.29 is 31.1 Å². The zero-order valence-electron chi connectivity index (χ0n) is 15.9. The number of nitrogens with zero attached hydrogens (tertiary/aromatic N) is 1. The van der Waals surface area contributed by atoms with E-state index in [4.69, 9.17) is 4.74 Å². The van der Waals surface area contributed by atoms with Gasteiger partial charge in [0.15, 0.2) is 6.61 Å². The summed E-state index contributed by atoms with van der Waals surface area (Å²) in [6.07, 6.45) is -4.51. The molecule has 0 radical (unpaired) electrons. The van der Waals surface area contributed by atoms with Gasteiger partial charge in [0, 0.05) is 18.8 Å². The molecule has 2 aromatic rings. The molecular formula is C19H21F3N2O4S. The van der Waals surface area contributed by atoms with E-state index in [-0.39, 0.29) is 16.3 Å². The third-order valence-electron chi connectivity index (χ3n) is 4.01. The van der Waals surface area contributed by atoms with Gasteiger partial charge in [-0.25, -0.2) is 8.42 Å². The Morgan fingerprint density at radius 3 is 2.24 bits per heavy atom. The van der Waals surface area contributed by atoms with Gasteiger partial charge in [-0.2, -0.15) is 17.5 Å². The predicted octanol–water partition coefficient (Wildman–Crippen LogP) is 3.75. The van der Waals surface area contributed by atoms with Crippen molar-refractivity contribution in [2.45, 2.75) is 24.9 Å². The SMILES string of the molecule is CCN(CC)S(=O)(=O)c1ccc(OCC(=O)Nc2cccc(C(F)(F)F)c2)cc1. The number of hydrogen-bond donors (Lipinski definition) is 1. The third kappa shape index (κ3) is 5.94. The van der Waals surface area contributed by atoms with E-state index in [0.717, 1.165) is 12.1 Å². The van der Waals surface area contributed by atoms with E-state index in [2.05, 4.69) is 5.32 Å². The molecule has 1 N–H and O–H groups in total. The zero-order valence-corrected chi connectivity index (χ0v) is 16.7. The lowest BCUT2D eigenvalue weighted by molar-refractivity contribution is -0.137. The van der Waals surface area contributed by atoms with Gasteiger partial charge in [-0.3, -0.25) is 4.79 Å². The van der Waals surface area contributed by atoms with Crippen LogP contribution in [0, 0.1) is 0 Å². The first-order valence-electron chi connectivity index (χ1n) is 8.78. The molecule has 10 heteroatoms. The summed E-state index contributed by atoms with van der Waals surface area (Å²) in [4.78, 5) is 12.0. The topological polar surface area (TPSA) is 75.7 Å². The van der Waals surface area contributed by atoms with E-state index in [1.54, 1.807) is 13.8 Å². The van der Waals surface area contributed by atoms with E-state index in [1.165, 1.54) is 40.7 Å². The Kier molecular flexibility index (Phi) is 7.26. The highest BCUT2D eigenvalue weighted by Gasteiger charge is 2.30. The van der Waals surface area contributed by atoms with Crippen LogP contribution in [0.25, 0.3) is 0 Å². The summed E-state index contributed by atoms with van der Waals surface area (Å²) in [7, 11) is -3.60. The number of ether oxygens (including phenoxy) is 1. The summed E-state index contributed by atoms with van der Waals surface area (Å²) in [6, 6.07) is 9.81. The van der Waals surface area contributed by atoms with Crippen molar-refractivity contribution in [1.29, 1.82) is 0 Å². The molecule has 0 aliphatic rings. The Hall–Kier alpha value is -2.59.